The van der Waals surface area contributed by atoms with Crippen molar-refractivity contribution in [1.82, 2.24) is 0 Å². The van der Waals surface area contributed by atoms with E-state index in [1.165, 1.54) is 19.2 Å². The Kier molecular flexibility index (Phi) is 5.84. The summed E-state index contributed by atoms with van der Waals surface area (Å²) in [6.45, 7) is 0.373. The molecular formula is C13H15FO4. The number of methoxy groups -OCH3 is 1. The number of halogens is 1. The molecule has 0 fully saturated rings. The van der Waals surface area contributed by atoms with Crippen molar-refractivity contribution in [2.45, 2.75) is 19.3 Å². The molecular weight excluding hydrogens is 239 g/mol. The van der Waals surface area contributed by atoms with Crippen LogP contribution in [0.25, 0.3) is 0 Å². The molecule has 0 aliphatic carbocycles. The summed E-state index contributed by atoms with van der Waals surface area (Å²) in [5.41, 5.74) is 0. The molecule has 0 bridgehead atoms. The van der Waals surface area contributed by atoms with Crippen molar-refractivity contribution in [3.05, 3.63) is 30.1 Å². The Hall–Kier alpha value is -1.91. The highest BCUT2D eigenvalue weighted by Gasteiger charge is 2.12. The van der Waals surface area contributed by atoms with Gasteiger partial charge in [0.1, 0.15) is 11.6 Å². The summed E-state index contributed by atoms with van der Waals surface area (Å²) in [6, 6.07) is 5.84. The quantitative estimate of drug-likeness (QED) is 0.425. The third kappa shape index (κ3) is 4.95. The highest BCUT2D eigenvalue weighted by molar-refractivity contribution is 6.33. The van der Waals surface area contributed by atoms with Gasteiger partial charge >= 0.3 is 5.97 Å². The number of carbonyl (C=O) groups is 2. The highest BCUT2D eigenvalue weighted by atomic mass is 19.1. The zero-order valence-electron chi connectivity index (χ0n) is 10.1. The molecule has 1 rings (SSSR count). The summed E-state index contributed by atoms with van der Waals surface area (Å²) in [4.78, 5) is 21.9. The van der Waals surface area contributed by atoms with Crippen LogP contribution >= 0.6 is 0 Å². The molecule has 0 aliphatic heterocycles. The second-order valence-corrected chi connectivity index (χ2v) is 3.68. The van der Waals surface area contributed by atoms with E-state index in [1.807, 2.05) is 0 Å². The summed E-state index contributed by atoms with van der Waals surface area (Å²) < 4.78 is 22.4. The lowest BCUT2D eigenvalue weighted by Crippen LogP contribution is -2.15. The van der Waals surface area contributed by atoms with Crippen molar-refractivity contribution in [1.29, 1.82) is 0 Å². The smallest absolute Gasteiger partial charge is 0.374 e. The number of unbranched alkanes of at least 4 members (excludes halogenated alkanes) is 1. The zero-order chi connectivity index (χ0) is 13.4. The van der Waals surface area contributed by atoms with Crippen LogP contribution in [0, 0.1) is 5.82 Å². The number of ether oxygens (including phenoxy) is 2. The van der Waals surface area contributed by atoms with Gasteiger partial charge in [-0.15, -0.1) is 0 Å². The SMILES string of the molecule is COC(=O)C(=O)CCCCOc1cccc(F)c1. The van der Waals surface area contributed by atoms with Crippen LogP contribution in [0.3, 0.4) is 0 Å². The van der Waals surface area contributed by atoms with Crippen LogP contribution < -0.4 is 4.74 Å². The second-order valence-electron chi connectivity index (χ2n) is 3.68. The first kappa shape index (κ1) is 14.2. The standard InChI is InChI=1S/C13H15FO4/c1-17-13(16)12(15)7-2-3-8-18-11-6-4-5-10(14)9-11/h4-6,9H,2-3,7-8H2,1H3. The lowest BCUT2D eigenvalue weighted by Gasteiger charge is -2.05. The number of esters is 1. The first-order chi connectivity index (χ1) is 8.63. The van der Waals surface area contributed by atoms with E-state index < -0.39 is 11.8 Å². The van der Waals surface area contributed by atoms with Crippen molar-refractivity contribution in [2.24, 2.45) is 0 Å². The van der Waals surface area contributed by atoms with Crippen LogP contribution in [0.15, 0.2) is 24.3 Å². The Bertz CT molecular complexity index is 417. The van der Waals surface area contributed by atoms with Gasteiger partial charge in [0.2, 0.25) is 5.78 Å². The number of rotatable bonds is 7. The highest BCUT2D eigenvalue weighted by Crippen LogP contribution is 2.12. The molecule has 0 N–H and O–H groups in total. The number of hydrogen-bond acceptors (Lipinski definition) is 4. The van der Waals surface area contributed by atoms with Crippen molar-refractivity contribution in [3.8, 4) is 5.75 Å². The summed E-state index contributed by atoms with van der Waals surface area (Å²) in [5, 5.41) is 0. The Morgan fingerprint density at radius 2 is 2.06 bits per heavy atom. The van der Waals surface area contributed by atoms with Gasteiger partial charge in [0.15, 0.2) is 0 Å². The molecule has 0 saturated carbocycles. The van der Waals surface area contributed by atoms with Gasteiger partial charge in [-0.1, -0.05) is 6.07 Å². The topological polar surface area (TPSA) is 52.6 Å². The van der Waals surface area contributed by atoms with Gasteiger partial charge in [-0.3, -0.25) is 4.79 Å². The van der Waals surface area contributed by atoms with Crippen LogP contribution in [0.5, 0.6) is 5.75 Å². The maximum atomic E-state index is 12.8. The summed E-state index contributed by atoms with van der Waals surface area (Å²) >= 11 is 0. The molecule has 1 aromatic carbocycles. The minimum Gasteiger partial charge on any atom is -0.493 e. The maximum Gasteiger partial charge on any atom is 0.374 e. The van der Waals surface area contributed by atoms with Crippen LogP contribution in [0.4, 0.5) is 4.39 Å². The van der Waals surface area contributed by atoms with Gasteiger partial charge in [0.25, 0.3) is 0 Å². The Balaban J connectivity index is 2.16. The van der Waals surface area contributed by atoms with Crippen LogP contribution in [-0.2, 0) is 14.3 Å². The summed E-state index contributed by atoms with van der Waals surface area (Å²) in [6.07, 6.45) is 1.28. The minimum absolute atomic E-state index is 0.138. The number of Topliss-reactive ketones (excluding diaryl/α,β-unsaturated/α-hetero) is 1. The number of carbonyl (C=O) groups excluding carboxylic acids is 2. The van der Waals surface area contributed by atoms with E-state index in [2.05, 4.69) is 4.74 Å². The van der Waals surface area contributed by atoms with E-state index in [0.717, 1.165) is 0 Å². The third-order valence-electron chi connectivity index (χ3n) is 2.28. The van der Waals surface area contributed by atoms with E-state index >= 15 is 0 Å². The fraction of sp³-hybridized carbons (Fsp3) is 0.385. The van der Waals surface area contributed by atoms with E-state index in [1.54, 1.807) is 12.1 Å². The van der Waals surface area contributed by atoms with Gasteiger partial charge in [0.05, 0.1) is 13.7 Å². The van der Waals surface area contributed by atoms with Gasteiger partial charge in [-0.05, 0) is 25.0 Å². The van der Waals surface area contributed by atoms with Crippen LogP contribution in [0.1, 0.15) is 19.3 Å². The molecule has 1 aromatic rings. The van der Waals surface area contributed by atoms with Crippen molar-refractivity contribution in [3.63, 3.8) is 0 Å². The van der Waals surface area contributed by atoms with Crippen LogP contribution in [0.2, 0.25) is 0 Å². The molecule has 0 atom stereocenters. The van der Waals surface area contributed by atoms with Crippen molar-refractivity contribution in [2.75, 3.05) is 13.7 Å². The van der Waals surface area contributed by atoms with Gasteiger partial charge in [-0.25, -0.2) is 9.18 Å². The minimum atomic E-state index is -0.818. The van der Waals surface area contributed by atoms with E-state index in [9.17, 15) is 14.0 Å². The predicted octanol–water partition coefficient (Wildman–Crippen LogP) is 2.12. The second kappa shape index (κ2) is 7.42. The lowest BCUT2D eigenvalue weighted by atomic mass is 10.2. The monoisotopic (exact) mass is 254 g/mol. The molecule has 18 heavy (non-hydrogen) atoms. The molecule has 0 heterocycles. The average Bonchev–Trinajstić information content (AvgIpc) is 2.37. The Labute approximate surface area is 105 Å². The predicted molar refractivity (Wildman–Crippen MR) is 62.8 cm³/mol. The number of benzene rings is 1. The van der Waals surface area contributed by atoms with E-state index in [0.29, 0.717) is 25.2 Å². The first-order valence-electron chi connectivity index (χ1n) is 5.63. The molecule has 0 aliphatic rings. The molecule has 4 nitrogen and oxygen atoms in total. The molecule has 0 spiro atoms. The summed E-state index contributed by atoms with van der Waals surface area (Å²) in [7, 11) is 1.17. The van der Waals surface area contributed by atoms with Gasteiger partial charge < -0.3 is 9.47 Å². The summed E-state index contributed by atoms with van der Waals surface area (Å²) in [5.74, 6) is -1.26. The number of ketones is 1. The molecule has 5 heteroatoms. The molecule has 98 valence electrons. The maximum absolute atomic E-state index is 12.8. The van der Waals surface area contributed by atoms with Gasteiger partial charge in [0, 0.05) is 12.5 Å². The fourth-order valence-electron chi connectivity index (χ4n) is 1.35. The normalized spacial score (nSPS) is 9.89. The zero-order valence-corrected chi connectivity index (χ0v) is 10.1. The van der Waals surface area contributed by atoms with Crippen molar-refractivity contribution < 1.29 is 23.5 Å². The van der Waals surface area contributed by atoms with E-state index in [-0.39, 0.29) is 12.2 Å². The molecule has 0 aromatic heterocycles. The molecule has 0 unspecified atom stereocenters. The van der Waals surface area contributed by atoms with Gasteiger partial charge in [-0.2, -0.15) is 0 Å². The fourth-order valence-corrected chi connectivity index (χ4v) is 1.35. The van der Waals surface area contributed by atoms with Crippen molar-refractivity contribution >= 4 is 11.8 Å². The first-order valence-corrected chi connectivity index (χ1v) is 5.63. The molecule has 0 saturated heterocycles. The Morgan fingerprint density at radius 1 is 1.28 bits per heavy atom. The number of hydrogen-bond donors (Lipinski definition) is 0. The van der Waals surface area contributed by atoms with E-state index in [4.69, 9.17) is 4.74 Å². The third-order valence-corrected chi connectivity index (χ3v) is 2.28. The van der Waals surface area contributed by atoms with Crippen LogP contribution in [-0.4, -0.2) is 25.5 Å². The largest absolute Gasteiger partial charge is 0.493 e. The average molecular weight is 254 g/mol. The Morgan fingerprint density at radius 3 is 2.72 bits per heavy atom. The lowest BCUT2D eigenvalue weighted by molar-refractivity contribution is -0.151. The molecule has 0 amide bonds. The molecule has 0 radical (unpaired) electrons.